The van der Waals surface area contributed by atoms with Gasteiger partial charge in [-0.1, -0.05) is 23.2 Å². The van der Waals surface area contributed by atoms with E-state index in [0.717, 1.165) is 12.1 Å². The van der Waals surface area contributed by atoms with E-state index in [1.54, 1.807) is 0 Å². The van der Waals surface area contributed by atoms with Crippen molar-refractivity contribution in [1.29, 1.82) is 0 Å². The fourth-order valence-corrected chi connectivity index (χ4v) is 2.15. The number of nitrogens with one attached hydrogen (secondary N) is 1. The van der Waals surface area contributed by atoms with Crippen molar-refractivity contribution in [1.82, 2.24) is 5.32 Å². The molecule has 18 heavy (non-hydrogen) atoms. The molecule has 0 aliphatic carbocycles. The van der Waals surface area contributed by atoms with Gasteiger partial charge in [-0.25, -0.2) is 0 Å². The molecule has 0 spiro atoms. The number of imide groups is 1. The number of nitro groups is 1. The van der Waals surface area contributed by atoms with Crippen LogP contribution in [0.1, 0.15) is 5.56 Å². The normalized spacial score (nSPS) is 14.4. The Morgan fingerprint density at radius 1 is 1.22 bits per heavy atom. The molecule has 8 heteroatoms. The number of carbonyl (C=O) groups is 2. The SMILES string of the molecule is O=C1C=C(c2c(Cl)cc(Cl)cc2[N+](=O)[O-])C(=O)N1. The molecule has 1 aromatic carbocycles. The highest BCUT2D eigenvalue weighted by molar-refractivity contribution is 6.41. The third kappa shape index (κ3) is 2.07. The molecule has 1 aliphatic rings. The minimum atomic E-state index is -0.729. The number of benzene rings is 1. The largest absolute Gasteiger partial charge is 0.289 e. The van der Waals surface area contributed by atoms with E-state index >= 15 is 0 Å². The standard InChI is InChI=1S/C10H4Cl2N2O4/c11-4-1-6(12)9(7(2-4)14(17)18)5-3-8(15)13-10(5)16/h1-3H,(H,13,15,16). The van der Waals surface area contributed by atoms with Crippen molar-refractivity contribution >= 4 is 46.3 Å². The van der Waals surface area contributed by atoms with Gasteiger partial charge in [0, 0.05) is 17.2 Å². The van der Waals surface area contributed by atoms with E-state index in [0.29, 0.717) is 0 Å². The smallest absolute Gasteiger partial charge is 0.280 e. The predicted molar refractivity (Wildman–Crippen MR) is 64.2 cm³/mol. The third-order valence-corrected chi connectivity index (χ3v) is 2.77. The van der Waals surface area contributed by atoms with E-state index in [-0.39, 0.29) is 21.2 Å². The van der Waals surface area contributed by atoms with Crippen LogP contribution in [0.15, 0.2) is 18.2 Å². The molecule has 1 aromatic rings. The monoisotopic (exact) mass is 286 g/mol. The number of halogens is 2. The van der Waals surface area contributed by atoms with Crippen molar-refractivity contribution in [3.8, 4) is 0 Å². The maximum Gasteiger partial charge on any atom is 0.280 e. The summed E-state index contributed by atoms with van der Waals surface area (Å²) in [7, 11) is 0. The second-order valence-corrected chi connectivity index (χ2v) is 4.26. The average molecular weight is 287 g/mol. The van der Waals surface area contributed by atoms with Gasteiger partial charge in [0.2, 0.25) is 0 Å². The van der Waals surface area contributed by atoms with Crippen LogP contribution in [0.4, 0.5) is 5.69 Å². The maximum atomic E-state index is 11.5. The fraction of sp³-hybridized carbons (Fsp3) is 0. The van der Waals surface area contributed by atoms with Crippen LogP contribution in [-0.4, -0.2) is 16.7 Å². The molecule has 0 fully saturated rings. The van der Waals surface area contributed by atoms with Crippen molar-refractivity contribution in [3.63, 3.8) is 0 Å². The number of hydrogen-bond donors (Lipinski definition) is 1. The van der Waals surface area contributed by atoms with E-state index < -0.39 is 22.4 Å². The Morgan fingerprint density at radius 3 is 2.39 bits per heavy atom. The van der Waals surface area contributed by atoms with E-state index in [4.69, 9.17) is 23.2 Å². The molecular formula is C10H4Cl2N2O4. The van der Waals surface area contributed by atoms with Gasteiger partial charge in [-0.3, -0.25) is 25.0 Å². The van der Waals surface area contributed by atoms with Crippen molar-refractivity contribution in [2.75, 3.05) is 0 Å². The van der Waals surface area contributed by atoms with Gasteiger partial charge in [-0.15, -0.1) is 0 Å². The highest BCUT2D eigenvalue weighted by Gasteiger charge is 2.30. The zero-order chi connectivity index (χ0) is 13.4. The van der Waals surface area contributed by atoms with E-state index in [1.807, 2.05) is 5.32 Å². The third-order valence-electron chi connectivity index (χ3n) is 2.26. The molecule has 0 unspecified atom stereocenters. The summed E-state index contributed by atoms with van der Waals surface area (Å²) >= 11 is 11.5. The van der Waals surface area contributed by atoms with Gasteiger partial charge < -0.3 is 0 Å². The number of nitrogens with zero attached hydrogens (tertiary/aromatic N) is 1. The highest BCUT2D eigenvalue weighted by Crippen LogP contribution is 2.36. The summed E-state index contributed by atoms with van der Waals surface area (Å²) in [5.74, 6) is -1.37. The van der Waals surface area contributed by atoms with Crippen LogP contribution in [0.2, 0.25) is 10.0 Å². The molecular weight excluding hydrogens is 283 g/mol. The molecule has 1 heterocycles. The lowest BCUT2D eigenvalue weighted by molar-refractivity contribution is -0.385. The molecule has 0 atom stereocenters. The van der Waals surface area contributed by atoms with Gasteiger partial charge in [-0.05, 0) is 6.07 Å². The first-order valence-corrected chi connectivity index (χ1v) is 5.36. The van der Waals surface area contributed by atoms with Gasteiger partial charge in [0.1, 0.15) is 0 Å². The Labute approximate surface area is 110 Å². The first kappa shape index (κ1) is 12.5. The van der Waals surface area contributed by atoms with Crippen LogP contribution in [0.5, 0.6) is 0 Å². The summed E-state index contributed by atoms with van der Waals surface area (Å²) in [4.78, 5) is 32.7. The Bertz CT molecular complexity index is 625. The minimum absolute atomic E-state index is 0.0645. The molecule has 6 nitrogen and oxygen atoms in total. The molecule has 1 aliphatic heterocycles. The summed E-state index contributed by atoms with van der Waals surface area (Å²) in [6, 6.07) is 2.34. The first-order valence-electron chi connectivity index (χ1n) is 4.61. The molecule has 2 amide bonds. The van der Waals surface area contributed by atoms with Gasteiger partial charge in [0.05, 0.1) is 21.1 Å². The quantitative estimate of drug-likeness (QED) is 0.511. The average Bonchev–Trinajstić information content (AvgIpc) is 2.56. The predicted octanol–water partition coefficient (Wildman–Crippen LogP) is 1.94. The lowest BCUT2D eigenvalue weighted by Gasteiger charge is -2.05. The summed E-state index contributed by atoms with van der Waals surface area (Å²) in [6.45, 7) is 0. The second kappa shape index (κ2) is 4.40. The van der Waals surface area contributed by atoms with E-state index in [9.17, 15) is 19.7 Å². The van der Waals surface area contributed by atoms with Crippen molar-refractivity contribution < 1.29 is 14.5 Å². The van der Waals surface area contributed by atoms with Crippen molar-refractivity contribution in [2.24, 2.45) is 0 Å². The molecule has 0 radical (unpaired) electrons. The molecule has 0 bridgehead atoms. The summed E-state index contributed by atoms with van der Waals surface area (Å²) < 4.78 is 0. The van der Waals surface area contributed by atoms with Gasteiger partial charge in [0.15, 0.2) is 0 Å². The minimum Gasteiger partial charge on any atom is -0.289 e. The van der Waals surface area contributed by atoms with Crippen LogP contribution in [0, 0.1) is 10.1 Å². The Kier molecular flexibility index (Phi) is 3.06. The first-order chi connectivity index (χ1) is 8.40. The van der Waals surface area contributed by atoms with Crippen LogP contribution < -0.4 is 5.32 Å². The molecule has 0 saturated carbocycles. The summed E-state index contributed by atoms with van der Waals surface area (Å²) in [5, 5.41) is 12.9. The van der Waals surface area contributed by atoms with E-state index in [1.165, 1.54) is 6.07 Å². The molecule has 0 saturated heterocycles. The van der Waals surface area contributed by atoms with Gasteiger partial charge >= 0.3 is 0 Å². The second-order valence-electron chi connectivity index (χ2n) is 3.42. The Balaban J connectivity index is 2.71. The highest BCUT2D eigenvalue weighted by atomic mass is 35.5. The van der Waals surface area contributed by atoms with Crippen LogP contribution in [-0.2, 0) is 9.59 Å². The summed E-state index contributed by atoms with van der Waals surface area (Å²) in [5.41, 5.74) is -0.689. The van der Waals surface area contributed by atoms with Gasteiger partial charge in [-0.2, -0.15) is 0 Å². The number of rotatable bonds is 2. The Morgan fingerprint density at radius 2 is 1.89 bits per heavy atom. The van der Waals surface area contributed by atoms with Gasteiger partial charge in [0.25, 0.3) is 17.5 Å². The lowest BCUT2D eigenvalue weighted by Crippen LogP contribution is -2.22. The van der Waals surface area contributed by atoms with Crippen LogP contribution in [0.3, 0.4) is 0 Å². The van der Waals surface area contributed by atoms with E-state index in [2.05, 4.69) is 0 Å². The fourth-order valence-electron chi connectivity index (χ4n) is 1.57. The van der Waals surface area contributed by atoms with Crippen molar-refractivity contribution in [3.05, 3.63) is 43.9 Å². The van der Waals surface area contributed by atoms with Crippen LogP contribution >= 0.6 is 23.2 Å². The van der Waals surface area contributed by atoms with Crippen molar-refractivity contribution in [2.45, 2.75) is 0 Å². The number of nitro benzene ring substituents is 1. The zero-order valence-electron chi connectivity index (χ0n) is 8.57. The molecule has 1 N–H and O–H groups in total. The topological polar surface area (TPSA) is 89.3 Å². The molecule has 0 aromatic heterocycles. The number of hydrogen-bond acceptors (Lipinski definition) is 4. The maximum absolute atomic E-state index is 11.5. The molecule has 2 rings (SSSR count). The number of amides is 2. The Hall–Kier alpha value is -1.92. The van der Waals surface area contributed by atoms with Crippen LogP contribution in [0.25, 0.3) is 5.57 Å². The number of carbonyl (C=O) groups excluding carboxylic acids is 2. The molecule has 92 valence electrons. The zero-order valence-corrected chi connectivity index (χ0v) is 10.1. The summed E-state index contributed by atoms with van der Waals surface area (Å²) in [6.07, 6.45) is 0.963. The lowest BCUT2D eigenvalue weighted by atomic mass is 10.0.